The van der Waals surface area contributed by atoms with Crippen LogP contribution in [0.15, 0.2) is 10.3 Å². The van der Waals surface area contributed by atoms with E-state index < -0.39 is 0 Å². The van der Waals surface area contributed by atoms with Crippen LogP contribution in [0.1, 0.15) is 10.4 Å². The molecular formula is C6H5IN2S. The second kappa shape index (κ2) is 3.82. The SMILES string of the molecule is N=Cc1sncc1/C=C\I. The number of halogens is 1. The van der Waals surface area contributed by atoms with Crippen molar-refractivity contribution in [2.24, 2.45) is 0 Å². The normalized spacial score (nSPS) is 10.5. The van der Waals surface area contributed by atoms with E-state index in [4.69, 9.17) is 5.41 Å². The maximum absolute atomic E-state index is 6.99. The molecule has 0 aromatic carbocycles. The minimum atomic E-state index is 0.910. The smallest absolute Gasteiger partial charge is 0.0725 e. The molecule has 0 saturated heterocycles. The van der Waals surface area contributed by atoms with Crippen molar-refractivity contribution in [3.8, 4) is 0 Å². The van der Waals surface area contributed by atoms with Crippen LogP contribution in [0.3, 0.4) is 0 Å². The molecule has 0 amide bonds. The summed E-state index contributed by atoms with van der Waals surface area (Å²) in [5.74, 6) is 0. The average molecular weight is 264 g/mol. The van der Waals surface area contributed by atoms with Crippen molar-refractivity contribution >= 4 is 46.4 Å². The van der Waals surface area contributed by atoms with E-state index in [0.29, 0.717) is 0 Å². The van der Waals surface area contributed by atoms with Gasteiger partial charge >= 0.3 is 0 Å². The molecule has 0 aliphatic rings. The number of rotatable bonds is 2. The lowest BCUT2D eigenvalue weighted by molar-refractivity contribution is 1.55. The Hall–Kier alpha value is -0.230. The van der Waals surface area contributed by atoms with Gasteiger partial charge in [0.15, 0.2) is 0 Å². The highest BCUT2D eigenvalue weighted by molar-refractivity contribution is 14.1. The Balaban J connectivity index is 3.00. The lowest BCUT2D eigenvalue weighted by Crippen LogP contribution is -1.73. The first-order valence-electron chi connectivity index (χ1n) is 2.60. The second-order valence-electron chi connectivity index (χ2n) is 1.58. The number of hydrogen-bond donors (Lipinski definition) is 1. The molecule has 10 heavy (non-hydrogen) atoms. The van der Waals surface area contributed by atoms with Crippen molar-refractivity contribution in [3.63, 3.8) is 0 Å². The van der Waals surface area contributed by atoms with Crippen LogP contribution in [-0.4, -0.2) is 10.6 Å². The quantitative estimate of drug-likeness (QED) is 0.646. The molecule has 0 saturated carbocycles. The first-order valence-corrected chi connectivity index (χ1v) is 4.62. The molecule has 1 rings (SSSR count). The Kier molecular flexibility index (Phi) is 3.01. The van der Waals surface area contributed by atoms with E-state index >= 15 is 0 Å². The Bertz CT molecular complexity index is 254. The first kappa shape index (κ1) is 7.87. The molecule has 0 aliphatic heterocycles. The number of hydrogen-bond acceptors (Lipinski definition) is 3. The van der Waals surface area contributed by atoms with E-state index in [9.17, 15) is 0 Å². The lowest BCUT2D eigenvalue weighted by atomic mass is 10.3. The zero-order valence-electron chi connectivity index (χ0n) is 5.04. The predicted octanol–water partition coefficient (Wildman–Crippen LogP) is 2.55. The van der Waals surface area contributed by atoms with Gasteiger partial charge in [-0.1, -0.05) is 22.6 Å². The van der Waals surface area contributed by atoms with E-state index in [1.54, 1.807) is 6.20 Å². The van der Waals surface area contributed by atoms with Gasteiger partial charge in [-0.25, -0.2) is 0 Å². The molecule has 0 atom stereocenters. The van der Waals surface area contributed by atoms with Crippen LogP contribution in [0.5, 0.6) is 0 Å². The summed E-state index contributed by atoms with van der Waals surface area (Å²) in [6.45, 7) is 0. The van der Waals surface area contributed by atoms with Gasteiger partial charge in [0.2, 0.25) is 0 Å². The fraction of sp³-hybridized carbons (Fsp3) is 0. The van der Waals surface area contributed by atoms with Crippen molar-refractivity contribution in [1.82, 2.24) is 4.37 Å². The largest absolute Gasteiger partial charge is 0.307 e. The molecule has 2 nitrogen and oxygen atoms in total. The summed E-state index contributed by atoms with van der Waals surface area (Å²) in [4.78, 5) is 0.910. The van der Waals surface area contributed by atoms with Gasteiger partial charge in [-0.15, -0.1) is 0 Å². The number of nitrogens with one attached hydrogen (secondary N) is 1. The zero-order chi connectivity index (χ0) is 7.40. The molecule has 0 fully saturated rings. The van der Waals surface area contributed by atoms with Crippen LogP contribution in [0, 0.1) is 5.41 Å². The third-order valence-corrected chi connectivity index (χ3v) is 2.12. The first-order chi connectivity index (χ1) is 4.88. The van der Waals surface area contributed by atoms with Gasteiger partial charge in [0.05, 0.1) is 4.88 Å². The molecule has 0 spiro atoms. The highest BCUT2D eigenvalue weighted by Gasteiger charge is 1.96. The molecule has 0 unspecified atom stereocenters. The molecule has 1 aromatic rings. The standard InChI is InChI=1S/C6H5IN2S/c7-2-1-5-4-9-10-6(5)3-8/h1-4,8H/b2-1-,8-3?. The molecule has 1 N–H and O–H groups in total. The topological polar surface area (TPSA) is 36.7 Å². The molecule has 1 aromatic heterocycles. The predicted molar refractivity (Wildman–Crippen MR) is 53.1 cm³/mol. The average Bonchev–Trinajstić information content (AvgIpc) is 2.36. The fourth-order valence-electron chi connectivity index (χ4n) is 0.559. The Labute approximate surface area is 76.8 Å². The van der Waals surface area contributed by atoms with Crippen molar-refractivity contribution in [2.45, 2.75) is 0 Å². The summed E-state index contributed by atoms with van der Waals surface area (Å²) in [5, 5.41) is 6.99. The van der Waals surface area contributed by atoms with Gasteiger partial charge in [0.1, 0.15) is 0 Å². The second-order valence-corrected chi connectivity index (χ2v) is 3.13. The van der Waals surface area contributed by atoms with Gasteiger partial charge in [0.25, 0.3) is 0 Å². The maximum atomic E-state index is 6.99. The molecule has 0 radical (unpaired) electrons. The van der Waals surface area contributed by atoms with Gasteiger partial charge in [-0.05, 0) is 21.7 Å². The minimum absolute atomic E-state index is 0.910. The molecular weight excluding hydrogens is 259 g/mol. The molecule has 1 heterocycles. The summed E-state index contributed by atoms with van der Waals surface area (Å²) in [6, 6.07) is 0. The Morgan fingerprint density at radius 3 is 3.10 bits per heavy atom. The zero-order valence-corrected chi connectivity index (χ0v) is 8.02. The van der Waals surface area contributed by atoms with Gasteiger partial charge < -0.3 is 5.41 Å². The molecule has 0 aliphatic carbocycles. The third kappa shape index (κ3) is 1.63. The van der Waals surface area contributed by atoms with E-state index in [0.717, 1.165) is 10.4 Å². The third-order valence-electron chi connectivity index (χ3n) is 1.00. The maximum Gasteiger partial charge on any atom is 0.0725 e. The van der Waals surface area contributed by atoms with Crippen molar-refractivity contribution < 1.29 is 0 Å². The minimum Gasteiger partial charge on any atom is -0.307 e. The van der Waals surface area contributed by atoms with E-state index in [2.05, 4.69) is 27.0 Å². The van der Waals surface area contributed by atoms with Crippen LogP contribution < -0.4 is 0 Å². The Morgan fingerprint density at radius 1 is 1.70 bits per heavy atom. The van der Waals surface area contributed by atoms with Crippen LogP contribution in [0.4, 0.5) is 0 Å². The van der Waals surface area contributed by atoms with E-state index in [1.165, 1.54) is 17.7 Å². The van der Waals surface area contributed by atoms with E-state index in [1.807, 2.05) is 10.2 Å². The highest BCUT2D eigenvalue weighted by atomic mass is 127. The van der Waals surface area contributed by atoms with Gasteiger partial charge in [-0.3, -0.25) is 0 Å². The lowest BCUT2D eigenvalue weighted by Gasteiger charge is -1.83. The van der Waals surface area contributed by atoms with Crippen molar-refractivity contribution in [1.29, 1.82) is 5.41 Å². The molecule has 52 valence electrons. The van der Waals surface area contributed by atoms with Crippen LogP contribution >= 0.6 is 34.1 Å². The summed E-state index contributed by atoms with van der Waals surface area (Å²) in [6.07, 6.45) is 5.02. The monoisotopic (exact) mass is 264 g/mol. The summed E-state index contributed by atoms with van der Waals surface area (Å²) >= 11 is 3.48. The van der Waals surface area contributed by atoms with E-state index in [-0.39, 0.29) is 0 Å². The van der Waals surface area contributed by atoms with Crippen LogP contribution in [-0.2, 0) is 0 Å². The molecule has 4 heteroatoms. The fourth-order valence-corrected chi connectivity index (χ4v) is 1.51. The van der Waals surface area contributed by atoms with Crippen LogP contribution in [0.25, 0.3) is 6.08 Å². The highest BCUT2D eigenvalue weighted by Crippen LogP contribution is 2.12. The summed E-state index contributed by atoms with van der Waals surface area (Å²) in [7, 11) is 0. The van der Waals surface area contributed by atoms with Crippen molar-refractivity contribution in [3.05, 3.63) is 20.7 Å². The van der Waals surface area contributed by atoms with Gasteiger partial charge in [-0.2, -0.15) is 4.37 Å². The molecule has 0 bridgehead atoms. The summed E-state index contributed by atoms with van der Waals surface area (Å²) in [5.41, 5.74) is 1.02. The number of aromatic nitrogens is 1. The van der Waals surface area contributed by atoms with Crippen molar-refractivity contribution in [2.75, 3.05) is 0 Å². The van der Waals surface area contributed by atoms with Crippen LogP contribution in [0.2, 0.25) is 0 Å². The summed E-state index contributed by atoms with van der Waals surface area (Å²) < 4.78 is 5.86. The number of nitrogens with zero attached hydrogens (tertiary/aromatic N) is 1. The Morgan fingerprint density at radius 2 is 2.50 bits per heavy atom. The van der Waals surface area contributed by atoms with Gasteiger partial charge in [0, 0.05) is 18.0 Å².